The number of carbonyl (C=O) groups is 2. The van der Waals surface area contributed by atoms with Crippen molar-refractivity contribution < 1.29 is 19.4 Å². The number of amides is 1. The lowest BCUT2D eigenvalue weighted by Crippen LogP contribution is -2.30. The van der Waals surface area contributed by atoms with Gasteiger partial charge in [-0.15, -0.1) is 11.3 Å². The first-order chi connectivity index (χ1) is 14.3. The lowest BCUT2D eigenvalue weighted by atomic mass is 9.98. The number of methoxy groups -OCH3 is 1. The molecular formula is C22H23Cl2NO4S. The van der Waals surface area contributed by atoms with Crippen LogP contribution >= 0.6 is 34.5 Å². The molecule has 2 heterocycles. The van der Waals surface area contributed by atoms with E-state index < -0.39 is 17.7 Å². The largest absolute Gasteiger partial charge is 0.507 e. The number of thiophene rings is 1. The normalized spacial score (nSPS) is 18.3. The molecule has 0 bridgehead atoms. The quantitative estimate of drug-likeness (QED) is 0.235. The topological polar surface area (TPSA) is 66.8 Å². The number of hydrogen-bond acceptors (Lipinski definition) is 5. The van der Waals surface area contributed by atoms with Crippen LogP contribution in [-0.4, -0.2) is 35.4 Å². The maximum Gasteiger partial charge on any atom is 0.295 e. The van der Waals surface area contributed by atoms with Gasteiger partial charge in [0.25, 0.3) is 11.7 Å². The van der Waals surface area contributed by atoms with Gasteiger partial charge < -0.3 is 14.7 Å². The smallest absolute Gasteiger partial charge is 0.295 e. The molecule has 1 fully saturated rings. The van der Waals surface area contributed by atoms with E-state index in [1.165, 1.54) is 30.6 Å². The average molecular weight is 468 g/mol. The van der Waals surface area contributed by atoms with Crippen molar-refractivity contribution in [3.63, 3.8) is 0 Å². The molecular weight excluding hydrogens is 445 g/mol. The monoisotopic (exact) mass is 467 g/mol. The minimum absolute atomic E-state index is 0.0266. The van der Waals surface area contributed by atoms with Crippen molar-refractivity contribution in [2.24, 2.45) is 0 Å². The van der Waals surface area contributed by atoms with E-state index in [0.29, 0.717) is 6.54 Å². The number of ketones is 1. The van der Waals surface area contributed by atoms with Crippen LogP contribution in [-0.2, 0) is 9.59 Å². The van der Waals surface area contributed by atoms with Gasteiger partial charge in [0.15, 0.2) is 0 Å². The van der Waals surface area contributed by atoms with Crippen LogP contribution in [0.4, 0.5) is 0 Å². The number of rotatable bonds is 7. The fraction of sp³-hybridized carbons (Fsp3) is 0.364. The number of unbranched alkanes of at least 4 members (excludes halogenated alkanes) is 2. The number of aliphatic hydroxyl groups excluding tert-OH is 1. The highest BCUT2D eigenvalue weighted by Gasteiger charge is 2.47. The lowest BCUT2D eigenvalue weighted by molar-refractivity contribution is -0.139. The minimum Gasteiger partial charge on any atom is -0.507 e. The van der Waals surface area contributed by atoms with Crippen molar-refractivity contribution in [1.82, 2.24) is 4.90 Å². The van der Waals surface area contributed by atoms with Crippen LogP contribution in [0.2, 0.25) is 10.0 Å². The Kier molecular flexibility index (Phi) is 7.11. The van der Waals surface area contributed by atoms with E-state index in [0.717, 1.165) is 29.7 Å². The van der Waals surface area contributed by atoms with Gasteiger partial charge in [-0.25, -0.2) is 0 Å². The molecule has 1 unspecified atom stereocenters. The summed E-state index contributed by atoms with van der Waals surface area (Å²) in [7, 11) is 1.41. The zero-order chi connectivity index (χ0) is 22.0. The van der Waals surface area contributed by atoms with Gasteiger partial charge in [-0.2, -0.15) is 0 Å². The molecule has 1 aliphatic rings. The molecule has 1 aromatic carbocycles. The summed E-state index contributed by atoms with van der Waals surface area (Å²) in [6.07, 6.45) is 2.71. The number of benzene rings is 1. The number of hydrogen-bond donors (Lipinski definition) is 1. The highest BCUT2D eigenvalue weighted by Crippen LogP contribution is 2.45. The third kappa shape index (κ3) is 4.09. The van der Waals surface area contributed by atoms with Crippen LogP contribution in [0, 0.1) is 6.92 Å². The third-order valence-corrected chi connectivity index (χ3v) is 6.73. The SMILES string of the molecule is CCCCCN1C(=O)C(=O)/C(=C(/O)c2cc(Cl)cc(Cl)c2OC)C1c1sccc1C. The Morgan fingerprint density at radius 2 is 2.00 bits per heavy atom. The van der Waals surface area contributed by atoms with Gasteiger partial charge in [-0.3, -0.25) is 9.59 Å². The van der Waals surface area contributed by atoms with Gasteiger partial charge >= 0.3 is 0 Å². The zero-order valence-electron chi connectivity index (χ0n) is 17.0. The summed E-state index contributed by atoms with van der Waals surface area (Å²) in [6, 6.07) is 4.24. The van der Waals surface area contributed by atoms with Crippen molar-refractivity contribution in [3.05, 3.63) is 55.2 Å². The van der Waals surface area contributed by atoms with E-state index in [1.807, 2.05) is 18.4 Å². The van der Waals surface area contributed by atoms with Crippen molar-refractivity contribution in [2.45, 2.75) is 39.2 Å². The Morgan fingerprint density at radius 1 is 1.27 bits per heavy atom. The first kappa shape index (κ1) is 22.7. The second-order valence-corrected chi connectivity index (χ2v) is 8.93. The Balaban J connectivity index is 2.21. The van der Waals surface area contributed by atoms with Gasteiger partial charge in [0.1, 0.15) is 11.5 Å². The molecule has 0 saturated carbocycles. The number of halogens is 2. The van der Waals surface area contributed by atoms with Crippen molar-refractivity contribution in [1.29, 1.82) is 0 Å². The molecule has 160 valence electrons. The van der Waals surface area contributed by atoms with Crippen LogP contribution in [0.3, 0.4) is 0 Å². The number of likely N-dealkylation sites (tertiary alicyclic amines) is 1. The molecule has 1 amide bonds. The molecule has 3 rings (SSSR count). The van der Waals surface area contributed by atoms with Crippen molar-refractivity contribution in [3.8, 4) is 5.75 Å². The molecule has 2 aromatic rings. The summed E-state index contributed by atoms with van der Waals surface area (Å²) >= 11 is 13.8. The second-order valence-electron chi connectivity index (χ2n) is 7.14. The molecule has 1 N–H and O–H groups in total. The van der Waals surface area contributed by atoms with E-state index >= 15 is 0 Å². The molecule has 1 atom stereocenters. The summed E-state index contributed by atoms with van der Waals surface area (Å²) in [5.41, 5.74) is 1.16. The first-order valence-electron chi connectivity index (χ1n) is 9.67. The summed E-state index contributed by atoms with van der Waals surface area (Å²) in [4.78, 5) is 28.3. The van der Waals surface area contributed by atoms with Gasteiger partial charge in [-0.1, -0.05) is 43.0 Å². The van der Waals surface area contributed by atoms with Crippen molar-refractivity contribution in [2.75, 3.05) is 13.7 Å². The number of nitrogens with zero attached hydrogens (tertiary/aromatic N) is 1. The van der Waals surface area contributed by atoms with Crippen LogP contribution in [0.1, 0.15) is 48.2 Å². The Morgan fingerprint density at radius 3 is 2.60 bits per heavy atom. The molecule has 0 radical (unpaired) electrons. The standard InChI is InChI=1S/C22H23Cl2NO4S/c1-4-5-6-8-25-17(21-12(2)7-9-30-21)16(19(27)22(25)28)18(26)14-10-13(23)11-15(24)20(14)29-3/h7,9-11,17,26H,4-6,8H2,1-3H3/b18-16+. The van der Waals surface area contributed by atoms with Gasteiger partial charge in [0.2, 0.25) is 0 Å². The van der Waals surface area contributed by atoms with Gasteiger partial charge in [-0.05, 0) is 42.5 Å². The summed E-state index contributed by atoms with van der Waals surface area (Å²) in [5.74, 6) is -1.49. The lowest BCUT2D eigenvalue weighted by Gasteiger charge is -2.25. The maximum atomic E-state index is 13.0. The number of Topliss-reactive ketones (excluding diaryl/α,β-unsaturated/α-hetero) is 1. The van der Waals surface area contributed by atoms with Gasteiger partial charge in [0, 0.05) is 16.4 Å². The molecule has 1 saturated heterocycles. The molecule has 8 heteroatoms. The first-order valence-corrected chi connectivity index (χ1v) is 11.3. The summed E-state index contributed by atoms with van der Waals surface area (Å²) < 4.78 is 5.34. The van der Waals surface area contributed by atoms with Crippen LogP contribution < -0.4 is 4.74 Å². The molecule has 0 aliphatic carbocycles. The number of aliphatic hydroxyl groups is 1. The summed E-state index contributed by atoms with van der Waals surface area (Å²) in [5, 5.41) is 13.6. The fourth-order valence-corrected chi connectivity index (χ4v) is 5.29. The predicted molar refractivity (Wildman–Crippen MR) is 121 cm³/mol. The van der Waals surface area contributed by atoms with Crippen LogP contribution in [0.25, 0.3) is 5.76 Å². The van der Waals surface area contributed by atoms with E-state index in [2.05, 4.69) is 6.92 Å². The Labute approximate surface area is 189 Å². The summed E-state index contributed by atoms with van der Waals surface area (Å²) in [6.45, 7) is 4.43. The zero-order valence-corrected chi connectivity index (χ0v) is 19.3. The highest BCUT2D eigenvalue weighted by atomic mass is 35.5. The second kappa shape index (κ2) is 9.41. The molecule has 0 spiro atoms. The van der Waals surface area contributed by atoms with Crippen LogP contribution in [0.5, 0.6) is 5.75 Å². The van der Waals surface area contributed by atoms with E-state index in [4.69, 9.17) is 27.9 Å². The van der Waals surface area contributed by atoms with Gasteiger partial charge in [0.05, 0.1) is 29.3 Å². The minimum atomic E-state index is -0.722. The molecule has 1 aromatic heterocycles. The third-order valence-electron chi connectivity index (χ3n) is 5.16. The Bertz CT molecular complexity index is 1010. The van der Waals surface area contributed by atoms with Crippen LogP contribution in [0.15, 0.2) is 29.2 Å². The molecule has 30 heavy (non-hydrogen) atoms. The van der Waals surface area contributed by atoms with Crippen molar-refractivity contribution >= 4 is 52.0 Å². The highest BCUT2D eigenvalue weighted by molar-refractivity contribution is 7.10. The maximum absolute atomic E-state index is 13.0. The molecule has 5 nitrogen and oxygen atoms in total. The average Bonchev–Trinajstić information content (AvgIpc) is 3.22. The van der Waals surface area contributed by atoms with E-state index in [9.17, 15) is 14.7 Å². The number of carbonyl (C=O) groups excluding carboxylic acids is 2. The Hall–Kier alpha value is -2.02. The number of ether oxygens (including phenoxy) is 1. The van der Waals surface area contributed by atoms with E-state index in [-0.39, 0.29) is 32.7 Å². The van der Waals surface area contributed by atoms with E-state index in [1.54, 1.807) is 4.90 Å². The molecule has 1 aliphatic heterocycles. The predicted octanol–water partition coefficient (Wildman–Crippen LogP) is 5.98. The fourth-order valence-electron chi connectivity index (χ4n) is 3.67. The number of aryl methyl sites for hydroxylation is 1.